The third-order valence-electron chi connectivity index (χ3n) is 5.68. The fourth-order valence-corrected chi connectivity index (χ4v) is 4.72. The molecule has 0 unspecified atom stereocenters. The number of anilines is 2. The van der Waals surface area contributed by atoms with Crippen molar-refractivity contribution in [2.24, 2.45) is 12.5 Å². The second kappa shape index (κ2) is 8.32. The Labute approximate surface area is 194 Å². The van der Waals surface area contributed by atoms with E-state index < -0.39 is 17.6 Å². The van der Waals surface area contributed by atoms with Gasteiger partial charge in [0.15, 0.2) is 12.1 Å². The Balaban J connectivity index is 1.36. The number of aryl methyl sites for hydroxylation is 1. The van der Waals surface area contributed by atoms with E-state index in [2.05, 4.69) is 20.4 Å². The van der Waals surface area contributed by atoms with Crippen LogP contribution in [0.1, 0.15) is 41.9 Å². The number of nitrogens with one attached hydrogen (secondary N) is 1. The minimum Gasteiger partial charge on any atom is -0.345 e. The standard InChI is InChI=1S/C22H24N6O4S/c1-22(2)7-8-28(21(22)30)17-15(12-27(3)26-17)25-18(29)13-5-4-6-14(24-13)19-23-11-16(33-19)20-31-9-10-32-20/h4-6,11-12,20H,7-10H2,1-3H3,(H,25,29). The maximum atomic E-state index is 13.0. The Morgan fingerprint density at radius 1 is 1.27 bits per heavy atom. The van der Waals surface area contributed by atoms with Crippen LogP contribution in [-0.4, -0.2) is 51.3 Å². The molecular formula is C22H24N6O4S. The van der Waals surface area contributed by atoms with E-state index in [0.717, 1.165) is 11.3 Å². The fraction of sp³-hybridized carbons (Fsp3) is 0.409. The summed E-state index contributed by atoms with van der Waals surface area (Å²) in [5, 5.41) is 7.95. The molecule has 0 atom stereocenters. The Kier molecular flexibility index (Phi) is 5.47. The van der Waals surface area contributed by atoms with Crippen molar-refractivity contribution in [3.63, 3.8) is 0 Å². The van der Waals surface area contributed by atoms with Gasteiger partial charge in [-0.1, -0.05) is 19.9 Å². The van der Waals surface area contributed by atoms with E-state index in [1.807, 2.05) is 13.8 Å². The van der Waals surface area contributed by atoms with E-state index in [-0.39, 0.29) is 11.6 Å². The monoisotopic (exact) mass is 468 g/mol. The van der Waals surface area contributed by atoms with E-state index in [1.165, 1.54) is 11.3 Å². The van der Waals surface area contributed by atoms with Gasteiger partial charge in [-0.2, -0.15) is 5.10 Å². The molecule has 0 radical (unpaired) electrons. The Bertz CT molecular complexity index is 1210. The van der Waals surface area contributed by atoms with Gasteiger partial charge in [-0.25, -0.2) is 9.97 Å². The van der Waals surface area contributed by atoms with Gasteiger partial charge in [-0.15, -0.1) is 11.3 Å². The number of pyridine rings is 1. The molecule has 0 aromatic carbocycles. The van der Waals surface area contributed by atoms with Gasteiger partial charge in [-0.05, 0) is 18.6 Å². The second-order valence-corrected chi connectivity index (χ2v) is 9.70. The van der Waals surface area contributed by atoms with Gasteiger partial charge in [0.05, 0.1) is 30.0 Å². The lowest BCUT2D eigenvalue weighted by Crippen LogP contribution is -2.32. The molecule has 2 amide bonds. The zero-order valence-electron chi connectivity index (χ0n) is 18.6. The summed E-state index contributed by atoms with van der Waals surface area (Å²) in [4.78, 5) is 37.2. The lowest BCUT2D eigenvalue weighted by molar-refractivity contribution is -0.124. The molecule has 172 valence electrons. The van der Waals surface area contributed by atoms with Crippen LogP contribution in [0.4, 0.5) is 11.5 Å². The van der Waals surface area contributed by atoms with Crippen molar-refractivity contribution in [2.75, 3.05) is 30.0 Å². The molecule has 5 rings (SSSR count). The zero-order chi connectivity index (χ0) is 23.2. The third kappa shape index (κ3) is 4.14. The van der Waals surface area contributed by atoms with Crippen molar-refractivity contribution < 1.29 is 19.1 Å². The van der Waals surface area contributed by atoms with Gasteiger partial charge in [0.2, 0.25) is 5.91 Å². The average Bonchev–Trinajstić information content (AvgIpc) is 3.57. The molecule has 1 N–H and O–H groups in total. The molecule has 11 heteroatoms. The smallest absolute Gasteiger partial charge is 0.274 e. The van der Waals surface area contributed by atoms with E-state index >= 15 is 0 Å². The van der Waals surface area contributed by atoms with Gasteiger partial charge in [0.25, 0.3) is 5.91 Å². The number of rotatable bonds is 5. The van der Waals surface area contributed by atoms with Crippen LogP contribution in [0, 0.1) is 5.41 Å². The summed E-state index contributed by atoms with van der Waals surface area (Å²) >= 11 is 1.42. The van der Waals surface area contributed by atoms with Crippen LogP contribution in [0.15, 0.2) is 30.6 Å². The topological polar surface area (TPSA) is 111 Å². The Morgan fingerprint density at radius 3 is 2.79 bits per heavy atom. The highest BCUT2D eigenvalue weighted by Gasteiger charge is 2.41. The van der Waals surface area contributed by atoms with Gasteiger partial charge in [-0.3, -0.25) is 19.2 Å². The first-order valence-electron chi connectivity index (χ1n) is 10.7. The van der Waals surface area contributed by atoms with Crippen molar-refractivity contribution in [2.45, 2.75) is 26.6 Å². The first-order chi connectivity index (χ1) is 15.8. The van der Waals surface area contributed by atoms with Crippen LogP contribution in [0.2, 0.25) is 0 Å². The van der Waals surface area contributed by atoms with Crippen molar-refractivity contribution in [3.8, 4) is 10.7 Å². The largest absolute Gasteiger partial charge is 0.345 e. The lowest BCUT2D eigenvalue weighted by atomic mass is 9.92. The molecular weight excluding hydrogens is 444 g/mol. The summed E-state index contributed by atoms with van der Waals surface area (Å²) in [7, 11) is 1.75. The highest BCUT2D eigenvalue weighted by Crippen LogP contribution is 2.36. The van der Waals surface area contributed by atoms with Crippen LogP contribution in [0.5, 0.6) is 0 Å². The van der Waals surface area contributed by atoms with Crippen LogP contribution >= 0.6 is 11.3 Å². The molecule has 2 aliphatic rings. The average molecular weight is 469 g/mol. The van der Waals surface area contributed by atoms with E-state index in [4.69, 9.17) is 9.47 Å². The van der Waals surface area contributed by atoms with Crippen molar-refractivity contribution >= 4 is 34.7 Å². The zero-order valence-corrected chi connectivity index (χ0v) is 19.4. The maximum Gasteiger partial charge on any atom is 0.274 e. The summed E-state index contributed by atoms with van der Waals surface area (Å²) in [6, 6.07) is 5.20. The summed E-state index contributed by atoms with van der Waals surface area (Å²) < 4.78 is 12.6. The number of carbonyl (C=O) groups is 2. The number of aromatic nitrogens is 4. The molecule has 10 nitrogen and oxygen atoms in total. The molecule has 5 heterocycles. The molecule has 0 spiro atoms. The number of nitrogens with zero attached hydrogens (tertiary/aromatic N) is 5. The first kappa shape index (κ1) is 21.7. The third-order valence-corrected chi connectivity index (χ3v) is 6.72. The first-order valence-corrected chi connectivity index (χ1v) is 11.5. The highest BCUT2D eigenvalue weighted by atomic mass is 32.1. The minimum atomic E-state index is -0.449. The molecule has 0 bridgehead atoms. The van der Waals surface area contributed by atoms with Crippen LogP contribution in [0.3, 0.4) is 0 Å². The van der Waals surface area contributed by atoms with Crippen LogP contribution in [0.25, 0.3) is 10.7 Å². The molecule has 0 aliphatic carbocycles. The molecule has 33 heavy (non-hydrogen) atoms. The van der Waals surface area contributed by atoms with Crippen molar-refractivity contribution in [1.82, 2.24) is 19.7 Å². The minimum absolute atomic E-state index is 0.00776. The van der Waals surface area contributed by atoms with Crippen molar-refractivity contribution in [3.05, 3.63) is 41.2 Å². The molecule has 3 aromatic rings. The molecule has 3 aromatic heterocycles. The molecule has 0 saturated carbocycles. The van der Waals surface area contributed by atoms with E-state index in [1.54, 1.807) is 47.2 Å². The maximum absolute atomic E-state index is 13.0. The number of thiazole rings is 1. The quantitative estimate of drug-likeness (QED) is 0.613. The number of hydrogen-bond donors (Lipinski definition) is 1. The summed E-state index contributed by atoms with van der Waals surface area (Å²) in [6.45, 7) is 5.51. The Hall–Kier alpha value is -3.15. The lowest BCUT2D eigenvalue weighted by Gasteiger charge is -2.18. The van der Waals surface area contributed by atoms with Gasteiger partial charge >= 0.3 is 0 Å². The number of ether oxygens (including phenoxy) is 2. The van der Waals surface area contributed by atoms with E-state index in [9.17, 15) is 9.59 Å². The molecule has 2 saturated heterocycles. The SMILES string of the molecule is Cn1cc(NC(=O)c2cccc(-c3ncc(C4OCCO4)s3)n2)c(N2CCC(C)(C)C2=O)n1. The highest BCUT2D eigenvalue weighted by molar-refractivity contribution is 7.15. The number of hydrogen-bond acceptors (Lipinski definition) is 8. The fourth-order valence-electron chi connectivity index (χ4n) is 3.83. The second-order valence-electron chi connectivity index (χ2n) is 8.63. The van der Waals surface area contributed by atoms with Crippen LogP contribution < -0.4 is 10.2 Å². The van der Waals surface area contributed by atoms with Gasteiger partial charge < -0.3 is 14.8 Å². The summed E-state index contributed by atoms with van der Waals surface area (Å²) in [5.41, 5.74) is 0.837. The molecule has 2 aliphatic heterocycles. The molecule has 2 fully saturated rings. The van der Waals surface area contributed by atoms with E-state index in [0.29, 0.717) is 42.0 Å². The summed E-state index contributed by atoms with van der Waals surface area (Å²) in [5.74, 6) is 0.0431. The normalized spacial score (nSPS) is 18.3. The predicted octanol–water partition coefficient (Wildman–Crippen LogP) is 3.00. The van der Waals surface area contributed by atoms with Gasteiger partial charge in [0, 0.05) is 25.2 Å². The predicted molar refractivity (Wildman–Crippen MR) is 122 cm³/mol. The Morgan fingerprint density at radius 2 is 2.06 bits per heavy atom. The van der Waals surface area contributed by atoms with Gasteiger partial charge in [0.1, 0.15) is 16.4 Å². The number of amides is 2. The number of carbonyl (C=O) groups excluding carboxylic acids is 2. The van der Waals surface area contributed by atoms with Crippen LogP contribution in [-0.2, 0) is 21.3 Å². The summed E-state index contributed by atoms with van der Waals surface area (Å²) in [6.07, 6.45) is 3.72. The van der Waals surface area contributed by atoms with Crippen molar-refractivity contribution in [1.29, 1.82) is 0 Å².